The standard InChI is InChI=1S/C9H9BrFNO3/c1-15-9-5-6(10)4-8(11)7(9)2-3-12(13)14/h4-5H,2-3H2,1H3. The Hall–Kier alpha value is -1.17. The fourth-order valence-corrected chi connectivity index (χ4v) is 1.62. The number of hydrogen-bond donors (Lipinski definition) is 0. The van der Waals surface area contributed by atoms with Gasteiger partial charge in [0.15, 0.2) is 0 Å². The van der Waals surface area contributed by atoms with Crippen molar-refractivity contribution in [3.63, 3.8) is 0 Å². The summed E-state index contributed by atoms with van der Waals surface area (Å²) in [4.78, 5) is 9.70. The Balaban J connectivity index is 2.98. The third-order valence-electron chi connectivity index (χ3n) is 1.88. The quantitative estimate of drug-likeness (QED) is 0.627. The Morgan fingerprint density at radius 1 is 1.60 bits per heavy atom. The van der Waals surface area contributed by atoms with E-state index in [1.54, 1.807) is 6.07 Å². The van der Waals surface area contributed by atoms with Gasteiger partial charge in [0, 0.05) is 21.4 Å². The molecule has 1 rings (SSSR count). The summed E-state index contributed by atoms with van der Waals surface area (Å²) in [5.74, 6) is -0.174. The van der Waals surface area contributed by atoms with Crippen molar-refractivity contribution >= 4 is 15.9 Å². The maximum absolute atomic E-state index is 13.4. The normalized spacial score (nSPS) is 10.1. The number of rotatable bonds is 4. The zero-order valence-electron chi connectivity index (χ0n) is 8.00. The van der Waals surface area contributed by atoms with Gasteiger partial charge in [0.05, 0.1) is 7.11 Å². The van der Waals surface area contributed by atoms with Crippen LogP contribution in [0.25, 0.3) is 0 Å². The highest BCUT2D eigenvalue weighted by Gasteiger charge is 2.13. The molecular formula is C9H9BrFNO3. The van der Waals surface area contributed by atoms with E-state index in [0.717, 1.165) is 0 Å². The van der Waals surface area contributed by atoms with E-state index >= 15 is 0 Å². The number of halogens is 2. The minimum absolute atomic E-state index is 0.0231. The first kappa shape index (κ1) is 11.9. The maximum atomic E-state index is 13.4. The number of nitrogens with zero attached hydrogens (tertiary/aromatic N) is 1. The van der Waals surface area contributed by atoms with Crippen LogP contribution in [0.15, 0.2) is 16.6 Å². The molecule has 0 aromatic heterocycles. The maximum Gasteiger partial charge on any atom is 0.208 e. The van der Waals surface area contributed by atoms with Gasteiger partial charge >= 0.3 is 0 Å². The second-order valence-electron chi connectivity index (χ2n) is 2.87. The van der Waals surface area contributed by atoms with Crippen LogP contribution in [0.3, 0.4) is 0 Å². The van der Waals surface area contributed by atoms with Crippen molar-refractivity contribution in [2.75, 3.05) is 13.7 Å². The average Bonchev–Trinajstić information content (AvgIpc) is 2.14. The van der Waals surface area contributed by atoms with Crippen LogP contribution in [0.1, 0.15) is 5.56 Å². The Bertz CT molecular complexity index is 384. The van der Waals surface area contributed by atoms with Gasteiger partial charge in [0.2, 0.25) is 6.54 Å². The fraction of sp³-hybridized carbons (Fsp3) is 0.333. The summed E-state index contributed by atoms with van der Waals surface area (Å²) in [6, 6.07) is 2.84. The molecule has 4 nitrogen and oxygen atoms in total. The van der Waals surface area contributed by atoms with Gasteiger partial charge in [-0.25, -0.2) is 4.39 Å². The largest absolute Gasteiger partial charge is 0.496 e. The van der Waals surface area contributed by atoms with Gasteiger partial charge < -0.3 is 4.74 Å². The van der Waals surface area contributed by atoms with Crippen LogP contribution in [-0.4, -0.2) is 18.6 Å². The summed E-state index contributed by atoms with van der Waals surface area (Å²) >= 11 is 3.11. The monoisotopic (exact) mass is 277 g/mol. The van der Waals surface area contributed by atoms with E-state index in [9.17, 15) is 14.5 Å². The zero-order valence-corrected chi connectivity index (χ0v) is 9.58. The first-order chi connectivity index (χ1) is 7.04. The van der Waals surface area contributed by atoms with Crippen LogP contribution in [-0.2, 0) is 6.42 Å². The lowest BCUT2D eigenvalue weighted by atomic mass is 10.1. The van der Waals surface area contributed by atoms with Crippen LogP contribution < -0.4 is 4.74 Å². The van der Waals surface area contributed by atoms with E-state index in [4.69, 9.17) is 4.74 Å². The number of methoxy groups -OCH3 is 1. The molecule has 1 aromatic carbocycles. The number of ether oxygens (including phenoxy) is 1. The summed E-state index contributed by atoms with van der Waals surface area (Å²) in [5, 5.41) is 10.2. The molecule has 0 saturated carbocycles. The Morgan fingerprint density at radius 2 is 2.27 bits per heavy atom. The Kier molecular flexibility index (Phi) is 4.02. The third-order valence-corrected chi connectivity index (χ3v) is 2.34. The molecule has 0 amide bonds. The molecule has 0 bridgehead atoms. The predicted octanol–water partition coefficient (Wildman–Crippen LogP) is 2.42. The van der Waals surface area contributed by atoms with Gasteiger partial charge in [-0.15, -0.1) is 0 Å². The molecular weight excluding hydrogens is 269 g/mol. The zero-order chi connectivity index (χ0) is 11.4. The van der Waals surface area contributed by atoms with Crippen molar-refractivity contribution in [1.29, 1.82) is 0 Å². The molecule has 6 heteroatoms. The van der Waals surface area contributed by atoms with Gasteiger partial charge in [-0.2, -0.15) is 0 Å². The number of hydrogen-bond acceptors (Lipinski definition) is 3. The Labute approximate surface area is 94.3 Å². The Morgan fingerprint density at radius 3 is 2.80 bits per heavy atom. The highest BCUT2D eigenvalue weighted by atomic mass is 79.9. The van der Waals surface area contributed by atoms with E-state index < -0.39 is 10.7 Å². The summed E-state index contributed by atoms with van der Waals surface area (Å²) in [7, 11) is 1.40. The first-order valence-electron chi connectivity index (χ1n) is 4.18. The van der Waals surface area contributed by atoms with Crippen molar-refractivity contribution < 1.29 is 14.1 Å². The average molecular weight is 278 g/mol. The van der Waals surface area contributed by atoms with Crippen LogP contribution in [0.4, 0.5) is 4.39 Å². The highest BCUT2D eigenvalue weighted by molar-refractivity contribution is 9.10. The van der Waals surface area contributed by atoms with Gasteiger partial charge in [-0.05, 0) is 12.1 Å². The van der Waals surface area contributed by atoms with E-state index in [1.165, 1.54) is 13.2 Å². The smallest absolute Gasteiger partial charge is 0.208 e. The van der Waals surface area contributed by atoms with Crippen molar-refractivity contribution in [2.24, 2.45) is 0 Å². The molecule has 0 radical (unpaired) electrons. The molecule has 0 N–H and O–H groups in total. The third kappa shape index (κ3) is 3.16. The second kappa shape index (κ2) is 5.06. The summed E-state index contributed by atoms with van der Waals surface area (Å²) in [6.45, 7) is -0.311. The molecule has 0 atom stereocenters. The first-order valence-corrected chi connectivity index (χ1v) is 4.97. The van der Waals surface area contributed by atoms with Crippen molar-refractivity contribution in [2.45, 2.75) is 6.42 Å². The van der Waals surface area contributed by atoms with Gasteiger partial charge in [0.25, 0.3) is 0 Å². The van der Waals surface area contributed by atoms with E-state index in [2.05, 4.69) is 15.9 Å². The molecule has 0 saturated heterocycles. The molecule has 0 fully saturated rings. The van der Waals surface area contributed by atoms with Gasteiger partial charge in [-0.1, -0.05) is 15.9 Å². The lowest BCUT2D eigenvalue weighted by Crippen LogP contribution is -2.07. The summed E-state index contributed by atoms with van der Waals surface area (Å²) < 4.78 is 18.9. The lowest BCUT2D eigenvalue weighted by Gasteiger charge is -2.08. The molecule has 82 valence electrons. The van der Waals surface area contributed by atoms with Crippen LogP contribution >= 0.6 is 15.9 Å². The summed E-state index contributed by atoms with van der Waals surface area (Å²) in [6.07, 6.45) is 0.0231. The number of benzene rings is 1. The van der Waals surface area contributed by atoms with Gasteiger partial charge in [0.1, 0.15) is 11.6 Å². The molecule has 1 aromatic rings. The SMILES string of the molecule is COc1cc(Br)cc(F)c1CC[N+](=O)[O-]. The molecule has 0 aliphatic heterocycles. The van der Waals surface area contributed by atoms with Crippen LogP contribution in [0, 0.1) is 15.9 Å². The van der Waals surface area contributed by atoms with Crippen molar-refractivity contribution in [1.82, 2.24) is 0 Å². The van der Waals surface area contributed by atoms with E-state index in [-0.39, 0.29) is 18.5 Å². The van der Waals surface area contributed by atoms with Crippen LogP contribution in [0.5, 0.6) is 5.75 Å². The molecule has 15 heavy (non-hydrogen) atoms. The van der Waals surface area contributed by atoms with E-state index in [1.807, 2.05) is 0 Å². The lowest BCUT2D eigenvalue weighted by molar-refractivity contribution is -0.479. The van der Waals surface area contributed by atoms with Gasteiger partial charge in [-0.3, -0.25) is 10.1 Å². The minimum atomic E-state index is -0.497. The molecule has 0 spiro atoms. The summed E-state index contributed by atoms with van der Waals surface area (Å²) in [5.41, 5.74) is 0.234. The van der Waals surface area contributed by atoms with Crippen LogP contribution in [0.2, 0.25) is 0 Å². The molecule has 0 heterocycles. The van der Waals surface area contributed by atoms with Crippen molar-refractivity contribution in [3.05, 3.63) is 38.1 Å². The van der Waals surface area contributed by atoms with E-state index in [0.29, 0.717) is 10.2 Å². The fourth-order valence-electron chi connectivity index (χ4n) is 1.21. The second-order valence-corrected chi connectivity index (χ2v) is 3.79. The molecule has 0 aliphatic carbocycles. The van der Waals surface area contributed by atoms with Crippen molar-refractivity contribution in [3.8, 4) is 5.75 Å². The molecule has 0 unspecified atom stereocenters. The minimum Gasteiger partial charge on any atom is -0.496 e. The number of nitro groups is 1. The highest BCUT2D eigenvalue weighted by Crippen LogP contribution is 2.26. The topological polar surface area (TPSA) is 52.4 Å². The molecule has 0 aliphatic rings. The predicted molar refractivity (Wildman–Crippen MR) is 56.2 cm³/mol.